The molecule has 1 saturated carbocycles. The summed E-state index contributed by atoms with van der Waals surface area (Å²) in [4.78, 5) is 23.7. The first-order chi connectivity index (χ1) is 11.2. The fraction of sp³-hybridized carbons (Fsp3) is 0.556. The maximum absolute atomic E-state index is 12.5. The summed E-state index contributed by atoms with van der Waals surface area (Å²) in [5, 5.41) is 29.9. The van der Waals surface area contributed by atoms with Gasteiger partial charge in [-0.05, 0) is 30.4 Å². The third-order valence-electron chi connectivity index (χ3n) is 4.92. The van der Waals surface area contributed by atoms with Crippen LogP contribution in [-0.4, -0.2) is 45.6 Å². The fourth-order valence-corrected chi connectivity index (χ4v) is 3.44. The molecule has 1 aromatic carbocycles. The Bertz CT molecular complexity index is 613. The van der Waals surface area contributed by atoms with Gasteiger partial charge in [-0.1, -0.05) is 32.9 Å². The number of aliphatic hydroxyl groups is 2. The first-order valence-electron chi connectivity index (χ1n) is 8.13. The van der Waals surface area contributed by atoms with Crippen LogP contribution in [0.5, 0.6) is 0 Å². The van der Waals surface area contributed by atoms with E-state index < -0.39 is 36.2 Å². The van der Waals surface area contributed by atoms with Crippen LogP contribution in [0.4, 0.5) is 0 Å². The number of carbonyl (C=O) groups is 2. The lowest BCUT2D eigenvalue weighted by Crippen LogP contribution is -2.41. The molecule has 0 radical (unpaired) electrons. The molecular formula is C18H24O6. The Balaban J connectivity index is 2.25. The van der Waals surface area contributed by atoms with Crippen molar-refractivity contribution in [2.75, 3.05) is 0 Å². The third-order valence-corrected chi connectivity index (χ3v) is 4.92. The molecule has 0 aromatic heterocycles. The van der Waals surface area contributed by atoms with Crippen molar-refractivity contribution in [2.24, 2.45) is 17.8 Å². The number of ether oxygens (including phenoxy) is 1. The van der Waals surface area contributed by atoms with Crippen molar-refractivity contribution in [3.05, 3.63) is 35.4 Å². The quantitative estimate of drug-likeness (QED) is 0.576. The van der Waals surface area contributed by atoms with Crippen LogP contribution in [0.15, 0.2) is 24.3 Å². The number of carboxylic acid groups (broad SMARTS) is 1. The molecule has 1 aliphatic rings. The van der Waals surface area contributed by atoms with Crippen LogP contribution in [-0.2, 0) is 4.74 Å². The average Bonchev–Trinajstić information content (AvgIpc) is 2.62. The Labute approximate surface area is 141 Å². The molecule has 0 heterocycles. The molecule has 0 amide bonds. The highest BCUT2D eigenvalue weighted by molar-refractivity contribution is 6.02. The number of aliphatic hydroxyl groups excluding tert-OH is 2. The summed E-state index contributed by atoms with van der Waals surface area (Å²) in [5.41, 5.74) is -0.186. The van der Waals surface area contributed by atoms with Gasteiger partial charge in [-0.3, -0.25) is 0 Å². The van der Waals surface area contributed by atoms with E-state index in [1.165, 1.54) is 18.2 Å². The van der Waals surface area contributed by atoms with Crippen molar-refractivity contribution in [1.29, 1.82) is 0 Å². The van der Waals surface area contributed by atoms with Crippen molar-refractivity contribution in [2.45, 2.75) is 45.5 Å². The monoisotopic (exact) mass is 336 g/mol. The van der Waals surface area contributed by atoms with Crippen molar-refractivity contribution in [3.63, 3.8) is 0 Å². The van der Waals surface area contributed by atoms with Crippen molar-refractivity contribution in [3.8, 4) is 0 Å². The normalized spacial score (nSPS) is 33.5. The van der Waals surface area contributed by atoms with Crippen LogP contribution in [0.3, 0.4) is 0 Å². The van der Waals surface area contributed by atoms with Gasteiger partial charge < -0.3 is 20.1 Å². The molecule has 1 aliphatic carbocycles. The lowest BCUT2D eigenvalue weighted by atomic mass is 9.91. The van der Waals surface area contributed by atoms with Gasteiger partial charge in [0, 0.05) is 5.92 Å². The number of hydrogen-bond acceptors (Lipinski definition) is 5. The maximum Gasteiger partial charge on any atom is 0.339 e. The van der Waals surface area contributed by atoms with E-state index in [-0.39, 0.29) is 23.0 Å². The number of esters is 1. The summed E-state index contributed by atoms with van der Waals surface area (Å²) < 4.78 is 5.48. The molecule has 0 bridgehead atoms. The molecule has 3 N–H and O–H groups in total. The molecule has 24 heavy (non-hydrogen) atoms. The highest BCUT2D eigenvalue weighted by Gasteiger charge is 2.42. The third kappa shape index (κ3) is 3.60. The van der Waals surface area contributed by atoms with E-state index in [0.29, 0.717) is 6.42 Å². The largest absolute Gasteiger partial charge is 0.478 e. The molecule has 0 saturated heterocycles. The van der Waals surface area contributed by atoms with Crippen molar-refractivity contribution < 1.29 is 29.6 Å². The minimum Gasteiger partial charge on any atom is -0.478 e. The van der Waals surface area contributed by atoms with Gasteiger partial charge in [0.1, 0.15) is 6.10 Å². The second kappa shape index (κ2) is 7.32. The summed E-state index contributed by atoms with van der Waals surface area (Å²) >= 11 is 0. The van der Waals surface area contributed by atoms with Gasteiger partial charge in [-0.2, -0.15) is 0 Å². The van der Waals surface area contributed by atoms with Crippen LogP contribution in [0.1, 0.15) is 47.9 Å². The molecule has 0 spiro atoms. The zero-order valence-electron chi connectivity index (χ0n) is 14.0. The molecule has 1 aromatic rings. The van der Waals surface area contributed by atoms with Crippen LogP contribution in [0.25, 0.3) is 0 Å². The van der Waals surface area contributed by atoms with Gasteiger partial charge >= 0.3 is 11.9 Å². The number of carbonyl (C=O) groups excluding carboxylic acids is 1. The molecule has 6 atom stereocenters. The molecule has 2 rings (SSSR count). The smallest absolute Gasteiger partial charge is 0.339 e. The van der Waals surface area contributed by atoms with E-state index in [0.717, 1.165) is 0 Å². The van der Waals surface area contributed by atoms with Crippen LogP contribution in [0.2, 0.25) is 0 Å². The zero-order chi connectivity index (χ0) is 18.0. The average molecular weight is 336 g/mol. The summed E-state index contributed by atoms with van der Waals surface area (Å²) in [7, 11) is 0. The molecule has 6 nitrogen and oxygen atoms in total. The second-order valence-electron chi connectivity index (χ2n) is 6.75. The predicted octanol–water partition coefficient (Wildman–Crippen LogP) is 1.94. The number of rotatable bonds is 3. The molecule has 6 heteroatoms. The van der Waals surface area contributed by atoms with E-state index in [2.05, 4.69) is 0 Å². The van der Waals surface area contributed by atoms with Crippen LogP contribution < -0.4 is 0 Å². The molecule has 3 unspecified atom stereocenters. The maximum atomic E-state index is 12.5. The minimum atomic E-state index is -1.21. The first-order valence-corrected chi connectivity index (χ1v) is 8.13. The number of aromatic carboxylic acids is 1. The molecule has 1 fully saturated rings. The van der Waals surface area contributed by atoms with E-state index in [4.69, 9.17) is 4.74 Å². The van der Waals surface area contributed by atoms with Gasteiger partial charge in [0.2, 0.25) is 0 Å². The Morgan fingerprint density at radius 1 is 1.00 bits per heavy atom. The second-order valence-corrected chi connectivity index (χ2v) is 6.75. The van der Waals surface area contributed by atoms with E-state index >= 15 is 0 Å². The zero-order valence-corrected chi connectivity index (χ0v) is 14.0. The lowest BCUT2D eigenvalue weighted by molar-refractivity contribution is -0.0694. The molecule has 0 aliphatic heterocycles. The first kappa shape index (κ1) is 18.4. The fourth-order valence-electron chi connectivity index (χ4n) is 3.44. The number of benzene rings is 1. The summed E-state index contributed by atoms with van der Waals surface area (Å²) in [6.45, 7) is 5.47. The van der Waals surface area contributed by atoms with E-state index in [1.54, 1.807) is 13.0 Å². The van der Waals surface area contributed by atoms with Gasteiger partial charge in [0.15, 0.2) is 0 Å². The minimum absolute atomic E-state index is 0.0281. The highest BCUT2D eigenvalue weighted by atomic mass is 16.6. The topological polar surface area (TPSA) is 104 Å². The lowest BCUT2D eigenvalue weighted by Gasteiger charge is -2.29. The number of hydrogen-bond donors (Lipinski definition) is 3. The SMILES string of the molecule is CC1C[C@H](C)[C@@H](OC(=O)c2ccccc2C(=O)O)[C@@H](O)C(C)C1O. The van der Waals surface area contributed by atoms with Gasteiger partial charge in [-0.25, -0.2) is 9.59 Å². The molecule has 132 valence electrons. The highest BCUT2D eigenvalue weighted by Crippen LogP contribution is 2.34. The van der Waals surface area contributed by atoms with Crippen molar-refractivity contribution in [1.82, 2.24) is 0 Å². The summed E-state index contributed by atoms with van der Waals surface area (Å²) in [6, 6.07) is 5.81. The number of carboxylic acids is 1. The molecular weight excluding hydrogens is 312 g/mol. The summed E-state index contributed by atoms with van der Waals surface area (Å²) in [5.74, 6) is -2.62. The Morgan fingerprint density at radius 2 is 1.58 bits per heavy atom. The van der Waals surface area contributed by atoms with E-state index in [1.807, 2.05) is 13.8 Å². The predicted molar refractivity (Wildman–Crippen MR) is 86.7 cm³/mol. The standard InChI is InChI=1S/C18H24O6/c1-9-8-10(2)16(15(20)11(3)14(9)19)24-18(23)13-7-5-4-6-12(13)17(21)22/h4-7,9-11,14-16,19-20H,8H2,1-3H3,(H,21,22)/t9?,10-,11?,14?,15-,16+/m0/s1. The summed E-state index contributed by atoms with van der Waals surface area (Å²) in [6.07, 6.45) is -1.89. The Morgan fingerprint density at radius 3 is 2.17 bits per heavy atom. The van der Waals surface area contributed by atoms with Gasteiger partial charge in [0.05, 0.1) is 23.3 Å². The van der Waals surface area contributed by atoms with E-state index in [9.17, 15) is 24.9 Å². The van der Waals surface area contributed by atoms with Crippen LogP contribution >= 0.6 is 0 Å². The Kier molecular flexibility index (Phi) is 5.62. The van der Waals surface area contributed by atoms with Gasteiger partial charge in [-0.15, -0.1) is 0 Å². The Hall–Kier alpha value is -1.92. The van der Waals surface area contributed by atoms with Crippen LogP contribution in [0, 0.1) is 17.8 Å². The van der Waals surface area contributed by atoms with Gasteiger partial charge in [0.25, 0.3) is 0 Å². The van der Waals surface area contributed by atoms with Crippen molar-refractivity contribution >= 4 is 11.9 Å².